The van der Waals surface area contributed by atoms with E-state index in [2.05, 4.69) is 23.5 Å². The quantitative estimate of drug-likeness (QED) is 0.812. The van der Waals surface area contributed by atoms with Crippen molar-refractivity contribution in [3.05, 3.63) is 35.9 Å². The topological polar surface area (TPSA) is 30.5 Å². The van der Waals surface area contributed by atoms with Gasteiger partial charge in [0.1, 0.15) is 6.10 Å². The first kappa shape index (κ1) is 13.0. The van der Waals surface area contributed by atoms with Crippen LogP contribution in [0.15, 0.2) is 30.4 Å². The van der Waals surface area contributed by atoms with E-state index in [-0.39, 0.29) is 6.10 Å². The van der Waals surface area contributed by atoms with Gasteiger partial charge in [-0.1, -0.05) is 12.1 Å². The summed E-state index contributed by atoms with van der Waals surface area (Å²) in [6.07, 6.45) is 7.96. The zero-order valence-electron chi connectivity index (χ0n) is 11.1. The average Bonchev–Trinajstić information content (AvgIpc) is 2.42. The molecule has 0 spiro atoms. The van der Waals surface area contributed by atoms with Crippen molar-refractivity contribution < 1.29 is 9.47 Å². The molecule has 1 atom stereocenters. The van der Waals surface area contributed by atoms with Crippen LogP contribution in [0, 0.1) is 0 Å². The number of ether oxygens (including phenoxy) is 2. The third-order valence-electron chi connectivity index (χ3n) is 3.10. The van der Waals surface area contributed by atoms with E-state index in [1.165, 1.54) is 12.0 Å². The van der Waals surface area contributed by atoms with E-state index in [1.54, 1.807) is 7.11 Å². The molecule has 0 saturated heterocycles. The summed E-state index contributed by atoms with van der Waals surface area (Å²) in [5, 5.41) is 3.13. The van der Waals surface area contributed by atoms with Gasteiger partial charge in [0.05, 0.1) is 7.11 Å². The van der Waals surface area contributed by atoms with Crippen LogP contribution in [0.1, 0.15) is 24.8 Å². The molecular weight excluding hydrogens is 226 g/mol. The molecule has 0 radical (unpaired) electrons. The second-order valence-corrected chi connectivity index (χ2v) is 4.53. The Labute approximate surface area is 109 Å². The molecule has 1 aromatic rings. The normalized spacial score (nSPS) is 18.7. The molecule has 0 saturated carbocycles. The van der Waals surface area contributed by atoms with E-state index in [9.17, 15) is 0 Å². The molecule has 3 heteroatoms. The maximum atomic E-state index is 5.98. The Morgan fingerprint density at radius 3 is 2.89 bits per heavy atom. The van der Waals surface area contributed by atoms with E-state index in [4.69, 9.17) is 9.47 Å². The minimum atomic E-state index is 0.183. The van der Waals surface area contributed by atoms with Crippen LogP contribution >= 0.6 is 0 Å². The van der Waals surface area contributed by atoms with Crippen LogP contribution in [0.5, 0.6) is 11.5 Å². The maximum absolute atomic E-state index is 5.98. The van der Waals surface area contributed by atoms with Gasteiger partial charge in [-0.15, -0.1) is 0 Å². The fourth-order valence-electron chi connectivity index (χ4n) is 2.17. The highest BCUT2D eigenvalue weighted by atomic mass is 16.5. The van der Waals surface area contributed by atoms with Gasteiger partial charge in [-0.3, -0.25) is 0 Å². The first-order chi connectivity index (χ1) is 8.83. The van der Waals surface area contributed by atoms with Crippen molar-refractivity contribution in [2.24, 2.45) is 0 Å². The number of benzene rings is 1. The second-order valence-electron chi connectivity index (χ2n) is 4.53. The molecule has 0 aromatic heterocycles. The summed E-state index contributed by atoms with van der Waals surface area (Å²) in [6.45, 7) is 0.833. The van der Waals surface area contributed by atoms with Crippen LogP contribution in [-0.2, 0) is 6.54 Å². The number of hydrogen-bond donors (Lipinski definition) is 1. The summed E-state index contributed by atoms with van der Waals surface area (Å²) in [7, 11) is 3.62. The minimum Gasteiger partial charge on any atom is -0.493 e. The molecule has 0 fully saturated rings. The Kier molecular flexibility index (Phi) is 4.65. The van der Waals surface area contributed by atoms with Crippen molar-refractivity contribution in [1.82, 2.24) is 5.32 Å². The average molecular weight is 247 g/mol. The number of allylic oxidation sites excluding steroid dienone is 1. The largest absolute Gasteiger partial charge is 0.493 e. The van der Waals surface area contributed by atoms with Crippen LogP contribution in [0.4, 0.5) is 0 Å². The molecule has 1 unspecified atom stereocenters. The van der Waals surface area contributed by atoms with Crippen LogP contribution in [0.2, 0.25) is 0 Å². The summed E-state index contributed by atoms with van der Waals surface area (Å²) in [6, 6.07) is 6.09. The highest BCUT2D eigenvalue weighted by molar-refractivity contribution is 5.43. The summed E-state index contributed by atoms with van der Waals surface area (Å²) in [5.41, 5.74) is 1.20. The van der Waals surface area contributed by atoms with Crippen molar-refractivity contribution in [1.29, 1.82) is 0 Å². The molecule has 0 bridgehead atoms. The van der Waals surface area contributed by atoms with Gasteiger partial charge in [0.25, 0.3) is 0 Å². The highest BCUT2D eigenvalue weighted by Gasteiger charge is 2.13. The number of rotatable bonds is 5. The molecule has 1 aliphatic carbocycles. The lowest BCUT2D eigenvalue weighted by molar-refractivity contribution is 0.219. The van der Waals surface area contributed by atoms with Gasteiger partial charge in [-0.05, 0) is 50.1 Å². The van der Waals surface area contributed by atoms with Crippen molar-refractivity contribution in [3.63, 3.8) is 0 Å². The Morgan fingerprint density at radius 1 is 1.33 bits per heavy atom. The summed E-state index contributed by atoms with van der Waals surface area (Å²) in [5.74, 6) is 1.63. The third kappa shape index (κ3) is 3.26. The Morgan fingerprint density at radius 2 is 2.22 bits per heavy atom. The Balaban J connectivity index is 2.11. The fourth-order valence-corrected chi connectivity index (χ4v) is 2.17. The van der Waals surface area contributed by atoms with Gasteiger partial charge in [0.2, 0.25) is 0 Å². The van der Waals surface area contributed by atoms with E-state index in [0.717, 1.165) is 30.9 Å². The SMILES string of the molecule is CNCc1ccc(OC2C=CCCC2)c(OC)c1. The molecule has 18 heavy (non-hydrogen) atoms. The standard InChI is InChI=1S/C15H21NO2/c1-16-11-12-8-9-14(15(10-12)17-2)18-13-6-4-3-5-7-13/h4,6,8-10,13,16H,3,5,7,11H2,1-2H3. The zero-order valence-corrected chi connectivity index (χ0v) is 11.1. The molecule has 0 amide bonds. The predicted octanol–water partition coefficient (Wildman–Crippen LogP) is 2.90. The summed E-state index contributed by atoms with van der Waals surface area (Å²) < 4.78 is 11.4. The molecule has 0 heterocycles. The lowest BCUT2D eigenvalue weighted by Gasteiger charge is -2.20. The Bertz CT molecular complexity index is 415. The van der Waals surface area contributed by atoms with E-state index in [0.29, 0.717) is 0 Å². The van der Waals surface area contributed by atoms with Crippen molar-refractivity contribution in [2.75, 3.05) is 14.2 Å². The smallest absolute Gasteiger partial charge is 0.162 e. The van der Waals surface area contributed by atoms with Gasteiger partial charge in [0, 0.05) is 6.54 Å². The van der Waals surface area contributed by atoms with Gasteiger partial charge < -0.3 is 14.8 Å². The zero-order chi connectivity index (χ0) is 12.8. The number of nitrogens with one attached hydrogen (secondary N) is 1. The van der Waals surface area contributed by atoms with Gasteiger partial charge in [0.15, 0.2) is 11.5 Å². The van der Waals surface area contributed by atoms with E-state index < -0.39 is 0 Å². The van der Waals surface area contributed by atoms with Gasteiger partial charge in [-0.2, -0.15) is 0 Å². The third-order valence-corrected chi connectivity index (χ3v) is 3.10. The van der Waals surface area contributed by atoms with Crippen LogP contribution in [-0.4, -0.2) is 20.3 Å². The maximum Gasteiger partial charge on any atom is 0.162 e. The molecule has 98 valence electrons. The molecular formula is C15H21NO2. The summed E-state index contributed by atoms with van der Waals surface area (Å²) in [4.78, 5) is 0. The molecule has 1 aliphatic rings. The monoisotopic (exact) mass is 247 g/mol. The molecule has 2 rings (SSSR count). The highest BCUT2D eigenvalue weighted by Crippen LogP contribution is 2.30. The van der Waals surface area contributed by atoms with Crippen LogP contribution < -0.4 is 14.8 Å². The second kappa shape index (κ2) is 6.45. The van der Waals surface area contributed by atoms with Crippen LogP contribution in [0.3, 0.4) is 0 Å². The predicted molar refractivity (Wildman–Crippen MR) is 73.2 cm³/mol. The first-order valence-electron chi connectivity index (χ1n) is 6.48. The number of hydrogen-bond acceptors (Lipinski definition) is 3. The fraction of sp³-hybridized carbons (Fsp3) is 0.467. The summed E-state index contributed by atoms with van der Waals surface area (Å²) >= 11 is 0. The van der Waals surface area contributed by atoms with Crippen molar-refractivity contribution >= 4 is 0 Å². The van der Waals surface area contributed by atoms with Crippen LogP contribution in [0.25, 0.3) is 0 Å². The van der Waals surface area contributed by atoms with E-state index >= 15 is 0 Å². The van der Waals surface area contributed by atoms with Gasteiger partial charge in [-0.25, -0.2) is 0 Å². The first-order valence-corrected chi connectivity index (χ1v) is 6.48. The van der Waals surface area contributed by atoms with Crippen molar-refractivity contribution in [3.8, 4) is 11.5 Å². The molecule has 3 nitrogen and oxygen atoms in total. The molecule has 1 aromatic carbocycles. The minimum absolute atomic E-state index is 0.183. The number of methoxy groups -OCH3 is 1. The lowest BCUT2D eigenvalue weighted by Crippen LogP contribution is -2.16. The lowest BCUT2D eigenvalue weighted by atomic mass is 10.1. The van der Waals surface area contributed by atoms with Gasteiger partial charge >= 0.3 is 0 Å². The Hall–Kier alpha value is -1.48. The van der Waals surface area contributed by atoms with Crippen molar-refractivity contribution in [2.45, 2.75) is 31.9 Å². The van der Waals surface area contributed by atoms with E-state index in [1.807, 2.05) is 19.2 Å². The molecule has 0 aliphatic heterocycles. The molecule has 1 N–H and O–H groups in total.